The quantitative estimate of drug-likeness (QED) is 0.666. The SMILES string of the molecule is COc1cc(CN2CCCn3c4c(c5cc(C)ccc53)CCCC42)cc(OC)c1O. The zero-order chi connectivity index (χ0) is 20.8. The van der Waals surface area contributed by atoms with E-state index in [2.05, 4.69) is 34.6 Å². The molecule has 1 unspecified atom stereocenters. The number of ether oxygens (including phenoxy) is 2. The van der Waals surface area contributed by atoms with E-state index in [-0.39, 0.29) is 5.75 Å². The van der Waals surface area contributed by atoms with Crippen LogP contribution < -0.4 is 9.47 Å². The van der Waals surface area contributed by atoms with E-state index in [4.69, 9.17) is 9.47 Å². The van der Waals surface area contributed by atoms with Crippen LogP contribution in [-0.4, -0.2) is 35.3 Å². The zero-order valence-corrected chi connectivity index (χ0v) is 18.1. The first-order valence-electron chi connectivity index (χ1n) is 10.9. The van der Waals surface area contributed by atoms with Crippen molar-refractivity contribution in [2.24, 2.45) is 0 Å². The van der Waals surface area contributed by atoms with Gasteiger partial charge in [0.15, 0.2) is 11.5 Å². The Kier molecular flexibility index (Phi) is 4.86. The minimum atomic E-state index is 0.0649. The summed E-state index contributed by atoms with van der Waals surface area (Å²) in [6.07, 6.45) is 4.72. The Labute approximate surface area is 177 Å². The molecule has 2 heterocycles. The number of aryl methyl sites for hydroxylation is 3. The van der Waals surface area contributed by atoms with Crippen LogP contribution in [0, 0.1) is 6.92 Å². The Morgan fingerprint density at radius 1 is 1.03 bits per heavy atom. The topological polar surface area (TPSA) is 46.9 Å². The Morgan fingerprint density at radius 3 is 2.53 bits per heavy atom. The van der Waals surface area contributed by atoms with E-state index in [1.807, 2.05) is 12.1 Å². The molecule has 1 aliphatic carbocycles. The lowest BCUT2D eigenvalue weighted by Gasteiger charge is -2.34. The third kappa shape index (κ3) is 3.03. The van der Waals surface area contributed by atoms with E-state index in [0.717, 1.165) is 31.6 Å². The van der Waals surface area contributed by atoms with Gasteiger partial charge in [0.1, 0.15) is 0 Å². The normalized spacial score (nSPS) is 18.8. The molecule has 0 saturated heterocycles. The fourth-order valence-corrected chi connectivity index (χ4v) is 5.46. The number of hydrogen-bond donors (Lipinski definition) is 1. The third-order valence-electron chi connectivity index (χ3n) is 6.78. The number of benzene rings is 2. The number of aromatic hydroxyl groups is 1. The molecule has 1 aromatic heterocycles. The average Bonchev–Trinajstić information content (AvgIpc) is 2.94. The van der Waals surface area contributed by atoms with Crippen LogP contribution in [0.3, 0.4) is 0 Å². The van der Waals surface area contributed by atoms with Crippen molar-refractivity contribution in [1.82, 2.24) is 9.47 Å². The van der Waals surface area contributed by atoms with Gasteiger partial charge in [0.25, 0.3) is 0 Å². The van der Waals surface area contributed by atoms with Crippen molar-refractivity contribution in [2.75, 3.05) is 20.8 Å². The molecule has 3 aromatic rings. The van der Waals surface area contributed by atoms with Crippen LogP contribution in [0.5, 0.6) is 17.2 Å². The molecule has 1 atom stereocenters. The van der Waals surface area contributed by atoms with Crippen molar-refractivity contribution >= 4 is 10.9 Å². The second kappa shape index (κ2) is 7.55. The largest absolute Gasteiger partial charge is 0.502 e. The number of methoxy groups -OCH3 is 2. The van der Waals surface area contributed by atoms with Crippen molar-refractivity contribution in [3.8, 4) is 17.2 Å². The monoisotopic (exact) mass is 406 g/mol. The molecule has 1 aliphatic heterocycles. The molecule has 0 radical (unpaired) electrons. The summed E-state index contributed by atoms with van der Waals surface area (Å²) in [6.45, 7) is 5.14. The van der Waals surface area contributed by atoms with Gasteiger partial charge in [-0.1, -0.05) is 11.6 Å². The fourth-order valence-electron chi connectivity index (χ4n) is 5.46. The molecular formula is C25H30N2O3. The Balaban J connectivity index is 1.56. The molecule has 5 rings (SSSR count). The van der Waals surface area contributed by atoms with Gasteiger partial charge in [-0.3, -0.25) is 4.90 Å². The number of phenolic OH excluding ortho intramolecular Hbond substituents is 1. The summed E-state index contributed by atoms with van der Waals surface area (Å²) in [6, 6.07) is 11.2. The van der Waals surface area contributed by atoms with E-state index >= 15 is 0 Å². The lowest BCUT2D eigenvalue weighted by Crippen LogP contribution is -2.31. The second-order valence-electron chi connectivity index (χ2n) is 8.62. The summed E-state index contributed by atoms with van der Waals surface area (Å²) >= 11 is 0. The molecular weight excluding hydrogens is 376 g/mol. The molecule has 30 heavy (non-hydrogen) atoms. The van der Waals surface area contributed by atoms with Gasteiger partial charge in [-0.25, -0.2) is 0 Å². The van der Waals surface area contributed by atoms with E-state index < -0.39 is 0 Å². The van der Waals surface area contributed by atoms with E-state index in [1.165, 1.54) is 41.4 Å². The van der Waals surface area contributed by atoms with E-state index in [9.17, 15) is 5.11 Å². The van der Waals surface area contributed by atoms with Crippen LogP contribution in [-0.2, 0) is 19.5 Å². The summed E-state index contributed by atoms with van der Waals surface area (Å²) in [5, 5.41) is 11.7. The van der Waals surface area contributed by atoms with Gasteiger partial charge in [-0.15, -0.1) is 0 Å². The molecule has 5 nitrogen and oxygen atoms in total. The summed E-state index contributed by atoms with van der Waals surface area (Å²) in [5.74, 6) is 0.997. The molecule has 158 valence electrons. The van der Waals surface area contributed by atoms with E-state index in [1.54, 1.807) is 19.8 Å². The highest BCUT2D eigenvalue weighted by Crippen LogP contribution is 2.43. The Bertz CT molecular complexity index is 1070. The molecule has 2 aromatic carbocycles. The number of phenols is 1. The first-order chi connectivity index (χ1) is 14.6. The number of nitrogens with zero attached hydrogens (tertiary/aromatic N) is 2. The predicted molar refractivity (Wildman–Crippen MR) is 119 cm³/mol. The summed E-state index contributed by atoms with van der Waals surface area (Å²) in [7, 11) is 3.16. The van der Waals surface area contributed by atoms with Crippen LogP contribution in [0.15, 0.2) is 30.3 Å². The highest BCUT2D eigenvalue weighted by atomic mass is 16.5. The summed E-state index contributed by atoms with van der Waals surface area (Å²) < 4.78 is 13.3. The zero-order valence-electron chi connectivity index (χ0n) is 18.1. The number of fused-ring (bicyclic) bond motifs is 3. The van der Waals surface area contributed by atoms with Crippen LogP contribution in [0.2, 0.25) is 0 Å². The third-order valence-corrected chi connectivity index (χ3v) is 6.78. The highest BCUT2D eigenvalue weighted by Gasteiger charge is 2.33. The van der Waals surface area contributed by atoms with Gasteiger partial charge < -0.3 is 19.1 Å². The van der Waals surface area contributed by atoms with Crippen LogP contribution >= 0.6 is 0 Å². The summed E-state index contributed by atoms with van der Waals surface area (Å²) in [4.78, 5) is 2.61. The lowest BCUT2D eigenvalue weighted by atomic mass is 9.90. The van der Waals surface area contributed by atoms with Crippen molar-refractivity contribution in [3.05, 3.63) is 52.7 Å². The van der Waals surface area contributed by atoms with E-state index in [0.29, 0.717) is 17.5 Å². The second-order valence-corrected chi connectivity index (χ2v) is 8.62. The molecule has 1 N–H and O–H groups in total. The maximum atomic E-state index is 10.3. The standard InChI is InChI=1S/C25H30N2O3/c1-16-8-9-20-19(12-16)18-6-4-7-21-24(18)27(20)11-5-10-26(21)15-17-13-22(29-2)25(28)23(14-17)30-3/h8-9,12-14,21,28H,4-7,10-11,15H2,1-3H3. The van der Waals surface area contributed by atoms with Crippen LogP contribution in [0.25, 0.3) is 10.9 Å². The van der Waals surface area contributed by atoms with Gasteiger partial charge in [0.2, 0.25) is 5.75 Å². The first-order valence-corrected chi connectivity index (χ1v) is 10.9. The first kappa shape index (κ1) is 19.3. The molecule has 0 saturated carbocycles. The van der Waals surface area contributed by atoms with Crippen LogP contribution in [0.1, 0.15) is 47.7 Å². The average molecular weight is 407 g/mol. The maximum Gasteiger partial charge on any atom is 0.200 e. The maximum absolute atomic E-state index is 10.3. The molecule has 0 spiro atoms. The molecule has 5 heteroatoms. The highest BCUT2D eigenvalue weighted by molar-refractivity contribution is 5.87. The predicted octanol–water partition coefficient (Wildman–Crippen LogP) is 4.96. The van der Waals surface area contributed by atoms with Gasteiger partial charge >= 0.3 is 0 Å². The molecule has 0 fully saturated rings. The van der Waals surface area contributed by atoms with Gasteiger partial charge in [-0.05, 0) is 68.0 Å². The van der Waals surface area contributed by atoms with Gasteiger partial charge in [0.05, 0.1) is 20.3 Å². The van der Waals surface area contributed by atoms with Gasteiger partial charge in [-0.2, -0.15) is 0 Å². The summed E-state index contributed by atoms with van der Waals surface area (Å²) in [5.41, 5.74) is 6.91. The Hall–Kier alpha value is -2.66. The lowest BCUT2D eigenvalue weighted by molar-refractivity contribution is 0.173. The van der Waals surface area contributed by atoms with Crippen molar-refractivity contribution in [2.45, 2.75) is 51.7 Å². The van der Waals surface area contributed by atoms with Crippen molar-refractivity contribution in [1.29, 1.82) is 0 Å². The number of aromatic nitrogens is 1. The number of hydrogen-bond acceptors (Lipinski definition) is 4. The molecule has 0 bridgehead atoms. The van der Waals surface area contributed by atoms with Crippen molar-refractivity contribution in [3.63, 3.8) is 0 Å². The minimum Gasteiger partial charge on any atom is -0.502 e. The van der Waals surface area contributed by atoms with Gasteiger partial charge in [0, 0.05) is 36.2 Å². The minimum absolute atomic E-state index is 0.0649. The fraction of sp³-hybridized carbons (Fsp3) is 0.440. The van der Waals surface area contributed by atoms with Crippen molar-refractivity contribution < 1.29 is 14.6 Å². The Morgan fingerprint density at radius 2 is 1.80 bits per heavy atom. The number of rotatable bonds is 4. The molecule has 0 amide bonds. The van der Waals surface area contributed by atoms with Crippen LogP contribution in [0.4, 0.5) is 0 Å². The smallest absolute Gasteiger partial charge is 0.200 e. The molecule has 2 aliphatic rings.